The molecule has 0 unspecified atom stereocenters. The summed E-state index contributed by atoms with van der Waals surface area (Å²) in [6.07, 6.45) is 5.81. The summed E-state index contributed by atoms with van der Waals surface area (Å²) < 4.78 is 14.1. The van der Waals surface area contributed by atoms with Gasteiger partial charge < -0.3 is 19.4 Å². The van der Waals surface area contributed by atoms with Crippen LogP contribution in [0.4, 0.5) is 5.82 Å². The van der Waals surface area contributed by atoms with Gasteiger partial charge in [0.25, 0.3) is 5.91 Å². The summed E-state index contributed by atoms with van der Waals surface area (Å²) in [7, 11) is 1.43. The first-order valence-electron chi connectivity index (χ1n) is 11.2. The van der Waals surface area contributed by atoms with E-state index in [0.717, 1.165) is 42.6 Å². The highest BCUT2D eigenvalue weighted by molar-refractivity contribution is 5.96. The van der Waals surface area contributed by atoms with Crippen molar-refractivity contribution in [2.75, 3.05) is 19.0 Å². The Hall–Kier alpha value is -4.06. The Morgan fingerprint density at radius 3 is 2.56 bits per heavy atom. The van der Waals surface area contributed by atoms with Crippen molar-refractivity contribution in [3.8, 4) is 17.5 Å². The molecule has 1 amide bonds. The molecule has 0 saturated heterocycles. The zero-order chi connectivity index (χ0) is 24.2. The molecular formula is C25H27N5O4. The van der Waals surface area contributed by atoms with Crippen LogP contribution in [0.1, 0.15) is 59.0 Å². The molecule has 1 aromatic carbocycles. The van der Waals surface area contributed by atoms with E-state index in [9.17, 15) is 14.9 Å². The van der Waals surface area contributed by atoms with Gasteiger partial charge in [0.15, 0.2) is 12.4 Å². The lowest BCUT2D eigenvalue weighted by Crippen LogP contribution is -2.24. The van der Waals surface area contributed by atoms with Gasteiger partial charge in [0, 0.05) is 11.7 Å². The fourth-order valence-electron chi connectivity index (χ4n) is 4.44. The standard InChI is InChI=1S/C25H27N5O4/c1-16-17(2)30(19-11-7-8-12-19)24(20(16)13-26)27-22(31)15-34-25(32)23-21(33-3)14-29(28-23)18-9-5-4-6-10-18/h4-6,9-10,14,19H,7-8,11-12,15H2,1-3H3,(H,27,31). The number of ether oxygens (including phenoxy) is 2. The number of amides is 1. The first-order chi connectivity index (χ1) is 16.4. The molecule has 1 aliphatic rings. The summed E-state index contributed by atoms with van der Waals surface area (Å²) in [5.74, 6) is -0.595. The van der Waals surface area contributed by atoms with Crippen LogP contribution >= 0.6 is 0 Å². The van der Waals surface area contributed by atoms with Gasteiger partial charge in [0.1, 0.15) is 11.9 Å². The third kappa shape index (κ3) is 4.39. The van der Waals surface area contributed by atoms with E-state index in [1.807, 2.05) is 48.7 Å². The van der Waals surface area contributed by atoms with Gasteiger partial charge in [-0.15, -0.1) is 0 Å². The molecule has 0 bridgehead atoms. The highest BCUT2D eigenvalue weighted by Crippen LogP contribution is 2.37. The molecule has 3 aromatic rings. The maximum absolute atomic E-state index is 12.7. The van der Waals surface area contributed by atoms with Gasteiger partial charge in [0.05, 0.1) is 24.6 Å². The molecule has 0 atom stereocenters. The predicted molar refractivity (Wildman–Crippen MR) is 125 cm³/mol. The minimum absolute atomic E-state index is 0.0297. The van der Waals surface area contributed by atoms with E-state index in [1.54, 1.807) is 6.20 Å². The zero-order valence-corrected chi connectivity index (χ0v) is 19.5. The number of esters is 1. The molecule has 0 aliphatic heterocycles. The lowest BCUT2D eigenvalue weighted by molar-refractivity contribution is -0.119. The van der Waals surface area contributed by atoms with Gasteiger partial charge in [-0.3, -0.25) is 4.79 Å². The summed E-state index contributed by atoms with van der Waals surface area (Å²) >= 11 is 0. The summed E-state index contributed by atoms with van der Waals surface area (Å²) in [4.78, 5) is 25.4. The summed E-state index contributed by atoms with van der Waals surface area (Å²) in [5, 5.41) is 16.8. The van der Waals surface area contributed by atoms with Crippen molar-refractivity contribution in [1.29, 1.82) is 5.26 Å². The Morgan fingerprint density at radius 1 is 1.21 bits per heavy atom. The fourth-order valence-corrected chi connectivity index (χ4v) is 4.44. The van der Waals surface area contributed by atoms with E-state index in [2.05, 4.69) is 16.5 Å². The van der Waals surface area contributed by atoms with Gasteiger partial charge in [0.2, 0.25) is 5.69 Å². The molecular weight excluding hydrogens is 434 g/mol. The average Bonchev–Trinajstić information content (AvgIpc) is 3.57. The van der Waals surface area contributed by atoms with Gasteiger partial charge in [-0.05, 0) is 44.4 Å². The van der Waals surface area contributed by atoms with Crippen molar-refractivity contribution >= 4 is 17.7 Å². The average molecular weight is 462 g/mol. The van der Waals surface area contributed by atoms with Crippen molar-refractivity contribution in [2.24, 2.45) is 0 Å². The molecule has 2 aromatic heterocycles. The summed E-state index contributed by atoms with van der Waals surface area (Å²) in [6, 6.07) is 11.7. The number of nitriles is 1. The van der Waals surface area contributed by atoms with Crippen molar-refractivity contribution < 1.29 is 19.1 Å². The van der Waals surface area contributed by atoms with E-state index in [-0.39, 0.29) is 17.5 Å². The van der Waals surface area contributed by atoms with E-state index < -0.39 is 18.5 Å². The van der Waals surface area contributed by atoms with Crippen LogP contribution in [0.5, 0.6) is 5.75 Å². The minimum atomic E-state index is -0.777. The highest BCUT2D eigenvalue weighted by Gasteiger charge is 2.27. The number of para-hydroxylation sites is 1. The second kappa shape index (κ2) is 9.83. The van der Waals surface area contributed by atoms with Crippen molar-refractivity contribution in [2.45, 2.75) is 45.6 Å². The molecule has 4 rings (SSSR count). The zero-order valence-electron chi connectivity index (χ0n) is 19.5. The summed E-state index contributed by atoms with van der Waals surface area (Å²) in [6.45, 7) is 3.32. The lowest BCUT2D eigenvalue weighted by atomic mass is 10.2. The lowest BCUT2D eigenvalue weighted by Gasteiger charge is -2.19. The second-order valence-corrected chi connectivity index (χ2v) is 8.30. The molecule has 34 heavy (non-hydrogen) atoms. The number of hydrogen-bond acceptors (Lipinski definition) is 6. The Labute approximate surface area is 197 Å². The Morgan fingerprint density at radius 2 is 1.91 bits per heavy atom. The molecule has 0 radical (unpaired) electrons. The van der Waals surface area contributed by atoms with Crippen molar-refractivity contribution in [3.63, 3.8) is 0 Å². The Kier molecular flexibility index (Phi) is 6.68. The summed E-state index contributed by atoms with van der Waals surface area (Å²) in [5.41, 5.74) is 2.97. The van der Waals surface area contributed by atoms with Crippen LogP contribution < -0.4 is 10.1 Å². The fraction of sp³-hybridized carbons (Fsp3) is 0.360. The normalized spacial score (nSPS) is 13.5. The Bertz CT molecular complexity index is 1250. The number of benzene rings is 1. The van der Waals surface area contributed by atoms with Crippen LogP contribution in [0.25, 0.3) is 5.69 Å². The first-order valence-corrected chi connectivity index (χ1v) is 11.2. The van der Waals surface area contributed by atoms with Gasteiger partial charge in [-0.25, -0.2) is 9.48 Å². The van der Waals surface area contributed by atoms with Crippen LogP contribution in [0.2, 0.25) is 0 Å². The Balaban J connectivity index is 1.48. The number of carbonyl (C=O) groups excluding carboxylic acids is 2. The van der Waals surface area contributed by atoms with Crippen molar-refractivity contribution in [3.05, 3.63) is 59.0 Å². The van der Waals surface area contributed by atoms with Gasteiger partial charge in [-0.1, -0.05) is 31.0 Å². The van der Waals surface area contributed by atoms with Gasteiger partial charge >= 0.3 is 5.97 Å². The maximum Gasteiger partial charge on any atom is 0.363 e. The van der Waals surface area contributed by atoms with E-state index in [1.165, 1.54) is 11.8 Å². The number of anilines is 1. The molecule has 176 valence electrons. The second-order valence-electron chi connectivity index (χ2n) is 8.30. The molecule has 9 nitrogen and oxygen atoms in total. The van der Waals surface area contributed by atoms with Crippen LogP contribution in [0, 0.1) is 25.2 Å². The third-order valence-electron chi connectivity index (χ3n) is 6.27. The van der Waals surface area contributed by atoms with Crippen LogP contribution in [0.15, 0.2) is 36.5 Å². The topological polar surface area (TPSA) is 111 Å². The first kappa shape index (κ1) is 23.1. The number of methoxy groups -OCH3 is 1. The number of nitrogens with one attached hydrogen (secondary N) is 1. The number of carbonyl (C=O) groups is 2. The van der Waals surface area contributed by atoms with Gasteiger partial charge in [-0.2, -0.15) is 10.4 Å². The van der Waals surface area contributed by atoms with Crippen LogP contribution in [-0.4, -0.2) is 39.9 Å². The smallest absolute Gasteiger partial charge is 0.363 e. The molecule has 1 N–H and O–H groups in total. The van der Waals surface area contributed by atoms with E-state index >= 15 is 0 Å². The quantitative estimate of drug-likeness (QED) is 0.531. The number of rotatable bonds is 7. The number of nitrogens with zero attached hydrogens (tertiary/aromatic N) is 4. The molecule has 1 fully saturated rings. The number of hydrogen-bond donors (Lipinski definition) is 1. The molecule has 1 saturated carbocycles. The SMILES string of the molecule is COc1cn(-c2ccccc2)nc1C(=O)OCC(=O)Nc1c(C#N)c(C)c(C)n1C1CCCC1. The maximum atomic E-state index is 12.7. The van der Waals surface area contributed by atoms with Crippen LogP contribution in [0.3, 0.4) is 0 Å². The van der Waals surface area contributed by atoms with E-state index in [4.69, 9.17) is 9.47 Å². The van der Waals surface area contributed by atoms with Crippen molar-refractivity contribution in [1.82, 2.24) is 14.3 Å². The molecule has 9 heteroatoms. The van der Waals surface area contributed by atoms with E-state index in [0.29, 0.717) is 11.4 Å². The predicted octanol–water partition coefficient (Wildman–Crippen LogP) is 4.08. The van der Waals surface area contributed by atoms with Crippen LogP contribution in [-0.2, 0) is 9.53 Å². The monoisotopic (exact) mass is 461 g/mol. The number of aromatic nitrogens is 3. The third-order valence-corrected chi connectivity index (χ3v) is 6.27. The highest BCUT2D eigenvalue weighted by atomic mass is 16.5. The largest absolute Gasteiger partial charge is 0.493 e. The molecule has 2 heterocycles. The molecule has 0 spiro atoms. The minimum Gasteiger partial charge on any atom is -0.493 e. The molecule has 1 aliphatic carbocycles.